The van der Waals surface area contributed by atoms with Crippen LogP contribution in [0.2, 0.25) is 0 Å². The number of nitrogens with zero attached hydrogens (tertiary/aromatic N) is 1. The van der Waals surface area contributed by atoms with E-state index in [9.17, 15) is 19.2 Å². The molecule has 7 heteroatoms. The van der Waals surface area contributed by atoms with Gasteiger partial charge in [-0.15, -0.1) is 0 Å². The second kappa shape index (κ2) is 7.81. The summed E-state index contributed by atoms with van der Waals surface area (Å²) in [6.07, 6.45) is 1.56. The molecule has 3 aromatic carbocycles. The first-order valence-corrected chi connectivity index (χ1v) is 10.8. The molecule has 34 heavy (non-hydrogen) atoms. The fourth-order valence-corrected chi connectivity index (χ4v) is 4.54. The molecule has 0 saturated heterocycles. The number of ketones is 2. The van der Waals surface area contributed by atoms with Crippen LogP contribution >= 0.6 is 0 Å². The highest BCUT2D eigenvalue weighted by atomic mass is 16.5. The van der Waals surface area contributed by atoms with Gasteiger partial charge in [0.2, 0.25) is 0 Å². The number of carbonyl (C=O) groups is 3. The van der Waals surface area contributed by atoms with E-state index in [4.69, 9.17) is 10.5 Å². The van der Waals surface area contributed by atoms with E-state index >= 15 is 0 Å². The lowest BCUT2D eigenvalue weighted by molar-refractivity contribution is 0.0529. The highest BCUT2D eigenvalue weighted by Crippen LogP contribution is 2.39. The molecule has 0 aliphatic carbocycles. The monoisotopic (exact) mass is 452 g/mol. The molecular formula is C27H20N2O5. The average Bonchev–Trinajstić information content (AvgIpc) is 2.83. The summed E-state index contributed by atoms with van der Waals surface area (Å²) in [6, 6.07) is 14.9. The van der Waals surface area contributed by atoms with Crippen LogP contribution < -0.4 is 11.3 Å². The number of esters is 1. The Hall–Kier alpha value is -4.52. The van der Waals surface area contributed by atoms with Crippen molar-refractivity contribution < 1.29 is 19.1 Å². The molecule has 0 saturated carbocycles. The predicted octanol–water partition coefficient (Wildman–Crippen LogP) is 4.24. The van der Waals surface area contributed by atoms with Crippen LogP contribution in [-0.4, -0.2) is 28.5 Å². The van der Waals surface area contributed by atoms with Gasteiger partial charge in [-0.3, -0.25) is 18.8 Å². The number of pyridine rings is 2. The van der Waals surface area contributed by atoms with E-state index in [-0.39, 0.29) is 34.8 Å². The van der Waals surface area contributed by atoms with Gasteiger partial charge in [-0.1, -0.05) is 30.3 Å². The summed E-state index contributed by atoms with van der Waals surface area (Å²) >= 11 is 0. The Bertz CT molecular complexity index is 1700. The number of carbonyl (C=O) groups excluding carboxylic acids is 3. The number of rotatable bonds is 5. The highest BCUT2D eigenvalue weighted by Gasteiger charge is 2.28. The number of ether oxygens (including phenoxy) is 1. The Kier molecular flexibility index (Phi) is 4.90. The van der Waals surface area contributed by atoms with Crippen LogP contribution in [0.4, 0.5) is 5.69 Å². The summed E-state index contributed by atoms with van der Waals surface area (Å²) in [5, 5.41) is 1.63. The number of Topliss-reactive ketones (excluding diaryl/α,β-unsaturated/α-hetero) is 1. The van der Waals surface area contributed by atoms with E-state index in [1.54, 1.807) is 67.7 Å². The molecule has 0 atom stereocenters. The van der Waals surface area contributed by atoms with Crippen molar-refractivity contribution in [1.82, 2.24) is 4.40 Å². The van der Waals surface area contributed by atoms with Gasteiger partial charge in [0.05, 0.1) is 28.9 Å². The number of nitrogens with two attached hydrogens (primary N) is 1. The van der Waals surface area contributed by atoms with Crippen LogP contribution in [0.3, 0.4) is 0 Å². The Balaban J connectivity index is 2.07. The number of hydrogen-bond donors (Lipinski definition) is 1. The smallest absolute Gasteiger partial charge is 0.340 e. The van der Waals surface area contributed by atoms with Gasteiger partial charge >= 0.3 is 5.97 Å². The van der Waals surface area contributed by atoms with Crippen LogP contribution in [-0.2, 0) is 4.74 Å². The molecule has 0 amide bonds. The summed E-state index contributed by atoms with van der Waals surface area (Å²) < 4.78 is 6.64. The summed E-state index contributed by atoms with van der Waals surface area (Å²) in [5.74, 6) is -1.40. The van der Waals surface area contributed by atoms with Crippen molar-refractivity contribution in [2.45, 2.75) is 13.8 Å². The van der Waals surface area contributed by atoms with Crippen LogP contribution in [0.25, 0.3) is 27.1 Å². The average molecular weight is 452 g/mol. The lowest BCUT2D eigenvalue weighted by Crippen LogP contribution is -2.24. The van der Waals surface area contributed by atoms with Crippen LogP contribution in [0.5, 0.6) is 0 Å². The maximum Gasteiger partial charge on any atom is 0.340 e. The summed E-state index contributed by atoms with van der Waals surface area (Å²) in [7, 11) is 0. The second-order valence-electron chi connectivity index (χ2n) is 8.03. The molecule has 5 aromatic rings. The first kappa shape index (κ1) is 21.3. The molecule has 0 aliphatic rings. The fourth-order valence-electron chi connectivity index (χ4n) is 4.54. The normalized spacial score (nSPS) is 11.4. The van der Waals surface area contributed by atoms with Crippen LogP contribution in [0.1, 0.15) is 50.5 Å². The molecular weight excluding hydrogens is 432 g/mol. The van der Waals surface area contributed by atoms with Crippen LogP contribution in [0, 0.1) is 0 Å². The second-order valence-corrected chi connectivity index (χ2v) is 8.03. The minimum Gasteiger partial charge on any atom is -0.462 e. The zero-order valence-corrected chi connectivity index (χ0v) is 18.5. The lowest BCUT2D eigenvalue weighted by atomic mass is 9.89. The molecule has 0 radical (unpaired) electrons. The van der Waals surface area contributed by atoms with Gasteiger partial charge in [0, 0.05) is 38.9 Å². The fraction of sp³-hybridized carbons (Fsp3) is 0.111. The zero-order chi connectivity index (χ0) is 24.1. The van der Waals surface area contributed by atoms with Crippen molar-refractivity contribution in [1.29, 1.82) is 0 Å². The summed E-state index contributed by atoms with van der Waals surface area (Å²) in [5.41, 5.74) is 7.14. The van der Waals surface area contributed by atoms with E-state index < -0.39 is 17.3 Å². The molecule has 2 aromatic heterocycles. The van der Waals surface area contributed by atoms with Gasteiger partial charge in [-0.05, 0) is 38.1 Å². The Morgan fingerprint density at radius 3 is 2.24 bits per heavy atom. The molecule has 5 rings (SSSR count). The van der Waals surface area contributed by atoms with Crippen molar-refractivity contribution in [2.75, 3.05) is 12.3 Å². The molecule has 0 fully saturated rings. The quantitative estimate of drug-likeness (QED) is 0.185. The van der Waals surface area contributed by atoms with Crippen molar-refractivity contribution in [3.8, 4) is 0 Å². The molecule has 0 spiro atoms. The molecule has 0 unspecified atom stereocenters. The Labute approximate surface area is 193 Å². The molecule has 0 aliphatic heterocycles. The summed E-state index contributed by atoms with van der Waals surface area (Å²) in [4.78, 5) is 52.6. The number of aromatic nitrogens is 1. The molecule has 7 nitrogen and oxygen atoms in total. The topological polar surface area (TPSA) is 108 Å². The van der Waals surface area contributed by atoms with Crippen LogP contribution in [0.15, 0.2) is 65.6 Å². The maximum absolute atomic E-state index is 13.7. The van der Waals surface area contributed by atoms with E-state index in [0.29, 0.717) is 32.6 Å². The van der Waals surface area contributed by atoms with Gasteiger partial charge < -0.3 is 10.5 Å². The molecule has 168 valence electrons. The van der Waals surface area contributed by atoms with E-state index in [1.807, 2.05) is 0 Å². The SMILES string of the molecule is CCOC(=O)c1c(N)c2cccn3c(=O)c(C(=O)c4ccccc4)c4cc(C(C)=O)cc1c4c23. The number of anilines is 1. The molecule has 2 heterocycles. The minimum absolute atomic E-state index is 0.0797. The van der Waals surface area contributed by atoms with E-state index in [2.05, 4.69) is 0 Å². The van der Waals surface area contributed by atoms with E-state index in [1.165, 1.54) is 11.3 Å². The first-order chi connectivity index (χ1) is 16.3. The number of benzene rings is 3. The Morgan fingerprint density at radius 2 is 1.59 bits per heavy atom. The van der Waals surface area contributed by atoms with Gasteiger partial charge in [-0.2, -0.15) is 0 Å². The van der Waals surface area contributed by atoms with Crippen molar-refractivity contribution in [3.05, 3.63) is 93.4 Å². The van der Waals surface area contributed by atoms with Gasteiger partial charge in [-0.25, -0.2) is 4.79 Å². The zero-order valence-electron chi connectivity index (χ0n) is 18.5. The minimum atomic E-state index is -0.642. The largest absolute Gasteiger partial charge is 0.462 e. The predicted molar refractivity (Wildman–Crippen MR) is 130 cm³/mol. The van der Waals surface area contributed by atoms with Crippen molar-refractivity contribution in [2.24, 2.45) is 0 Å². The third-order valence-corrected chi connectivity index (χ3v) is 6.05. The third-order valence-electron chi connectivity index (χ3n) is 6.05. The number of hydrogen-bond acceptors (Lipinski definition) is 6. The van der Waals surface area contributed by atoms with Gasteiger partial charge in [0.1, 0.15) is 0 Å². The van der Waals surface area contributed by atoms with E-state index in [0.717, 1.165) is 0 Å². The standard InChI is InChI=1S/C27H20N2O5/c1-3-34-27(33)21-18-12-16(14(2)30)13-19-20(18)24-17(23(21)28)10-7-11-29(24)26(32)22(19)25(31)15-8-5-4-6-9-15/h4-13H,3,28H2,1-2H3. The van der Waals surface area contributed by atoms with Crippen molar-refractivity contribution >= 4 is 50.3 Å². The Morgan fingerprint density at radius 1 is 0.912 bits per heavy atom. The molecule has 2 N–H and O–H groups in total. The highest BCUT2D eigenvalue weighted by molar-refractivity contribution is 6.30. The van der Waals surface area contributed by atoms with Gasteiger partial charge in [0.25, 0.3) is 5.56 Å². The maximum atomic E-state index is 13.7. The first-order valence-electron chi connectivity index (χ1n) is 10.8. The van der Waals surface area contributed by atoms with Gasteiger partial charge in [0.15, 0.2) is 11.6 Å². The van der Waals surface area contributed by atoms with Crippen molar-refractivity contribution in [3.63, 3.8) is 0 Å². The lowest BCUT2D eigenvalue weighted by Gasteiger charge is -2.19. The third kappa shape index (κ3) is 2.97. The summed E-state index contributed by atoms with van der Waals surface area (Å²) in [6.45, 7) is 3.20. The molecule has 0 bridgehead atoms. The number of nitrogen functional groups attached to an aromatic ring is 1.